The van der Waals surface area contributed by atoms with Crippen molar-refractivity contribution in [1.29, 1.82) is 0 Å². The number of rotatable bonds is 6. The molecule has 6 rings (SSSR count). The fourth-order valence-corrected chi connectivity index (χ4v) is 6.99. The van der Waals surface area contributed by atoms with Crippen LogP contribution in [-0.4, -0.2) is 46.6 Å². The van der Waals surface area contributed by atoms with Gasteiger partial charge in [-0.1, -0.05) is 29.8 Å². The maximum absolute atomic E-state index is 13.9. The predicted octanol–water partition coefficient (Wildman–Crippen LogP) is 3.93. The summed E-state index contributed by atoms with van der Waals surface area (Å²) in [6.07, 6.45) is 3.53. The number of ether oxygens (including phenoxy) is 1. The summed E-state index contributed by atoms with van der Waals surface area (Å²) in [6, 6.07) is 12.3. The number of hydrogen-bond donors (Lipinski definition) is 1. The first-order valence-corrected chi connectivity index (χ1v) is 13.9. The third-order valence-corrected chi connectivity index (χ3v) is 8.82. The average molecular weight is 619 g/mol. The number of aliphatic hydroxyl groups excluding tert-OH is 1. The van der Waals surface area contributed by atoms with Crippen molar-refractivity contribution in [2.45, 2.75) is 18.8 Å². The third kappa shape index (κ3) is 4.27. The second-order valence-electron chi connectivity index (χ2n) is 10.3. The molecule has 4 aliphatic rings. The number of benzene rings is 2. The molecule has 208 valence electrons. The topological polar surface area (TPSA) is 144 Å². The van der Waals surface area contributed by atoms with E-state index >= 15 is 0 Å². The minimum absolute atomic E-state index is 0.0261. The quantitative estimate of drug-likeness (QED) is 0.169. The fourth-order valence-electron chi connectivity index (χ4n) is 6.55. The highest BCUT2D eigenvalue weighted by atomic mass is 79.9. The molecule has 0 spiro atoms. The molecule has 2 aromatic carbocycles. The molecule has 1 heterocycles. The lowest BCUT2D eigenvalue weighted by Gasteiger charge is -2.42. The molecular formula is C30H23BrN2O8. The minimum atomic E-state index is -0.785. The zero-order valence-electron chi connectivity index (χ0n) is 21.5. The molecule has 41 heavy (non-hydrogen) atoms. The summed E-state index contributed by atoms with van der Waals surface area (Å²) in [5, 5.41) is 20.5. The van der Waals surface area contributed by atoms with Gasteiger partial charge in [-0.05, 0) is 52.9 Å². The Balaban J connectivity index is 1.46. The number of hydrogen-bond acceptors (Lipinski definition) is 8. The normalized spacial score (nSPS) is 25.4. The van der Waals surface area contributed by atoms with E-state index in [0.29, 0.717) is 22.5 Å². The van der Waals surface area contributed by atoms with Gasteiger partial charge in [0, 0.05) is 40.8 Å². The molecule has 0 unspecified atom stereocenters. The van der Waals surface area contributed by atoms with Crippen LogP contribution in [0.4, 0.5) is 11.4 Å². The van der Waals surface area contributed by atoms with Gasteiger partial charge in [0.15, 0.2) is 11.6 Å². The Bertz CT molecular complexity index is 1620. The van der Waals surface area contributed by atoms with Gasteiger partial charge >= 0.3 is 0 Å². The number of non-ortho nitro benzene ring substituents is 1. The van der Waals surface area contributed by atoms with Crippen LogP contribution < -0.4 is 9.64 Å². The minimum Gasteiger partial charge on any atom is -0.491 e. The summed E-state index contributed by atoms with van der Waals surface area (Å²) in [4.78, 5) is 66.0. The SMILES string of the molecule is O=C1C=C(Br)C(=O)C2=C1[C@@H](c1ccccc1OCCO)C1=CC[C@@H]3C(=O)N(c4ccc([N+](=O)[O-])cc4)C(=O)[C@@H]3[C@@H]1C2. The molecule has 1 saturated heterocycles. The van der Waals surface area contributed by atoms with Gasteiger partial charge in [-0.3, -0.25) is 34.2 Å². The number of fused-ring (bicyclic) bond motifs is 3. The number of carbonyl (C=O) groups is 4. The number of para-hydroxylation sites is 1. The Morgan fingerprint density at radius 2 is 1.76 bits per heavy atom. The van der Waals surface area contributed by atoms with Crippen LogP contribution in [0.2, 0.25) is 0 Å². The summed E-state index contributed by atoms with van der Waals surface area (Å²) >= 11 is 3.22. The van der Waals surface area contributed by atoms with Gasteiger partial charge in [-0.25, -0.2) is 0 Å². The van der Waals surface area contributed by atoms with Crippen LogP contribution in [0.1, 0.15) is 24.3 Å². The van der Waals surface area contributed by atoms with E-state index in [4.69, 9.17) is 4.74 Å². The number of amides is 2. The number of ketones is 2. The summed E-state index contributed by atoms with van der Waals surface area (Å²) < 4.78 is 5.94. The third-order valence-electron chi connectivity index (χ3n) is 8.23. The van der Waals surface area contributed by atoms with Gasteiger partial charge < -0.3 is 9.84 Å². The van der Waals surface area contributed by atoms with E-state index in [1.165, 1.54) is 30.3 Å². The van der Waals surface area contributed by atoms with Crippen molar-refractivity contribution < 1.29 is 33.9 Å². The number of halogens is 1. The van der Waals surface area contributed by atoms with E-state index in [1.54, 1.807) is 24.3 Å². The molecule has 0 saturated carbocycles. The smallest absolute Gasteiger partial charge is 0.269 e. The molecule has 1 fully saturated rings. The molecule has 0 bridgehead atoms. The van der Waals surface area contributed by atoms with E-state index in [9.17, 15) is 34.4 Å². The molecule has 10 nitrogen and oxygen atoms in total. The number of nitro groups is 1. The van der Waals surface area contributed by atoms with Crippen LogP contribution in [0, 0.1) is 27.9 Å². The standard InChI is InChI=1S/C30H23BrN2O8/c31-22-14-23(35)27-21(28(22)36)13-20-17(25(27)18-3-1-2-4-24(18)41-12-11-34)9-10-19-26(20)30(38)32(29(19)37)15-5-7-16(8-6-15)33(39)40/h1-9,14,19-20,25-26,34H,10-13H2/t19-,20+,25+,26-/m0/s1. The lowest BCUT2D eigenvalue weighted by Crippen LogP contribution is -2.39. The molecule has 2 aromatic rings. The first kappa shape index (κ1) is 27.0. The van der Waals surface area contributed by atoms with E-state index in [2.05, 4.69) is 15.9 Å². The summed E-state index contributed by atoms with van der Waals surface area (Å²) in [5.74, 6) is -3.77. The zero-order chi connectivity index (χ0) is 29.0. The lowest BCUT2D eigenvalue weighted by molar-refractivity contribution is -0.384. The monoisotopic (exact) mass is 618 g/mol. The summed E-state index contributed by atoms with van der Waals surface area (Å²) in [5.41, 5.74) is 2.09. The maximum Gasteiger partial charge on any atom is 0.269 e. The Morgan fingerprint density at radius 3 is 2.46 bits per heavy atom. The average Bonchev–Trinajstić information content (AvgIpc) is 3.23. The van der Waals surface area contributed by atoms with Crippen LogP contribution in [0.3, 0.4) is 0 Å². The number of imide groups is 1. The van der Waals surface area contributed by atoms with Crippen molar-refractivity contribution >= 4 is 50.7 Å². The van der Waals surface area contributed by atoms with Crippen molar-refractivity contribution in [2.75, 3.05) is 18.1 Å². The Morgan fingerprint density at radius 1 is 1.02 bits per heavy atom. The Labute approximate surface area is 242 Å². The van der Waals surface area contributed by atoms with E-state index in [0.717, 1.165) is 10.5 Å². The predicted molar refractivity (Wildman–Crippen MR) is 149 cm³/mol. The summed E-state index contributed by atoms with van der Waals surface area (Å²) in [6.45, 7) is -0.192. The Kier molecular flexibility index (Phi) is 6.79. The Hall–Kier alpha value is -4.22. The van der Waals surface area contributed by atoms with Gasteiger partial charge in [0.2, 0.25) is 11.8 Å². The maximum atomic E-state index is 13.9. The number of Topliss-reactive ketones (excluding diaryl/α,β-unsaturated/α-hetero) is 1. The molecular weight excluding hydrogens is 596 g/mol. The zero-order valence-corrected chi connectivity index (χ0v) is 23.1. The highest BCUT2D eigenvalue weighted by Crippen LogP contribution is 2.56. The van der Waals surface area contributed by atoms with E-state index < -0.39 is 40.4 Å². The van der Waals surface area contributed by atoms with Gasteiger partial charge in [0.25, 0.3) is 5.69 Å². The van der Waals surface area contributed by atoms with Crippen LogP contribution in [0.5, 0.6) is 5.75 Å². The van der Waals surface area contributed by atoms with Crippen molar-refractivity contribution in [3.8, 4) is 5.75 Å². The number of carbonyl (C=O) groups excluding carboxylic acids is 4. The van der Waals surface area contributed by atoms with E-state index in [-0.39, 0.29) is 53.5 Å². The molecule has 2 amide bonds. The van der Waals surface area contributed by atoms with Gasteiger partial charge in [0.05, 0.1) is 33.5 Å². The highest BCUT2D eigenvalue weighted by Gasteiger charge is 2.57. The molecule has 3 aliphatic carbocycles. The molecule has 1 aliphatic heterocycles. The molecule has 4 atom stereocenters. The van der Waals surface area contributed by atoms with Crippen molar-refractivity contribution in [3.63, 3.8) is 0 Å². The van der Waals surface area contributed by atoms with Crippen molar-refractivity contribution in [2.24, 2.45) is 17.8 Å². The number of anilines is 1. The van der Waals surface area contributed by atoms with Crippen molar-refractivity contribution in [1.82, 2.24) is 0 Å². The summed E-state index contributed by atoms with van der Waals surface area (Å²) in [7, 11) is 0. The fraction of sp³-hybridized carbons (Fsp3) is 0.267. The molecule has 11 heteroatoms. The first-order chi connectivity index (χ1) is 19.7. The van der Waals surface area contributed by atoms with Crippen LogP contribution in [0.15, 0.2) is 81.9 Å². The number of nitro benzene ring substituents is 1. The number of nitrogens with zero attached hydrogens (tertiary/aromatic N) is 2. The molecule has 0 radical (unpaired) electrons. The van der Waals surface area contributed by atoms with Gasteiger partial charge in [0.1, 0.15) is 12.4 Å². The number of allylic oxidation sites excluding steroid dienone is 6. The molecule has 0 aromatic heterocycles. The van der Waals surface area contributed by atoms with Gasteiger partial charge in [-0.15, -0.1) is 0 Å². The second kappa shape index (κ2) is 10.3. The van der Waals surface area contributed by atoms with Gasteiger partial charge in [-0.2, -0.15) is 0 Å². The highest BCUT2D eigenvalue weighted by molar-refractivity contribution is 9.12. The van der Waals surface area contributed by atoms with Crippen LogP contribution in [-0.2, 0) is 19.2 Å². The largest absolute Gasteiger partial charge is 0.491 e. The van der Waals surface area contributed by atoms with Crippen LogP contribution >= 0.6 is 15.9 Å². The number of aliphatic hydroxyl groups is 1. The lowest BCUT2D eigenvalue weighted by atomic mass is 9.59. The first-order valence-electron chi connectivity index (χ1n) is 13.1. The van der Waals surface area contributed by atoms with Crippen LogP contribution in [0.25, 0.3) is 0 Å². The second-order valence-corrected chi connectivity index (χ2v) is 11.1. The molecule has 1 N–H and O–H groups in total. The van der Waals surface area contributed by atoms with E-state index in [1.807, 2.05) is 6.08 Å². The van der Waals surface area contributed by atoms with Crippen molar-refractivity contribution in [3.05, 3.63) is 97.6 Å².